The van der Waals surface area contributed by atoms with Gasteiger partial charge in [0.1, 0.15) is 12.6 Å². The van der Waals surface area contributed by atoms with Crippen molar-refractivity contribution in [2.24, 2.45) is 0 Å². The third-order valence-electron chi connectivity index (χ3n) is 11.0. The maximum Gasteiger partial charge on any atom is 0.432 e. The van der Waals surface area contributed by atoms with Gasteiger partial charge in [-0.2, -0.15) is 39.5 Å². The molecule has 5 atom stereocenters. The summed E-state index contributed by atoms with van der Waals surface area (Å²) in [6.07, 6.45) is -8.69. The van der Waals surface area contributed by atoms with Crippen LogP contribution in [0.15, 0.2) is 91.0 Å². The molecule has 0 radical (unpaired) electrons. The van der Waals surface area contributed by atoms with Crippen LogP contribution in [0.5, 0.6) is 0 Å². The summed E-state index contributed by atoms with van der Waals surface area (Å²) >= 11 is 0. The van der Waals surface area contributed by atoms with Crippen LogP contribution in [0.1, 0.15) is 101 Å². The number of benzene rings is 3. The first-order chi connectivity index (χ1) is 31.2. The van der Waals surface area contributed by atoms with Crippen LogP contribution < -0.4 is 5.32 Å². The fraction of sp³-hybridized carbons (Fsp3) is 0.521. The molecule has 0 fully saturated rings. The minimum atomic E-state index is -5.59. The van der Waals surface area contributed by atoms with Gasteiger partial charge in [0.05, 0.1) is 0 Å². The summed E-state index contributed by atoms with van der Waals surface area (Å²) in [6, 6.07) is 13.7. The van der Waals surface area contributed by atoms with E-state index in [-0.39, 0.29) is 6.42 Å². The highest BCUT2D eigenvalue weighted by atomic mass is 19.4. The van der Waals surface area contributed by atoms with Crippen molar-refractivity contribution in [1.82, 2.24) is 5.32 Å². The van der Waals surface area contributed by atoms with Crippen LogP contribution in [0.2, 0.25) is 0 Å². The van der Waals surface area contributed by atoms with Crippen LogP contribution in [-0.4, -0.2) is 76.5 Å². The number of ether oxygens (including phenoxy) is 5. The van der Waals surface area contributed by atoms with E-state index in [1.807, 2.05) is 5.32 Å². The molecule has 1 N–H and O–H groups in total. The van der Waals surface area contributed by atoms with E-state index in [1.165, 1.54) is 31.0 Å². The summed E-state index contributed by atoms with van der Waals surface area (Å²) in [7, 11) is 1.61. The van der Waals surface area contributed by atoms with Crippen molar-refractivity contribution in [3.8, 4) is 11.8 Å². The lowest BCUT2D eigenvalue weighted by atomic mass is 9.90. The van der Waals surface area contributed by atoms with E-state index in [2.05, 4.69) is 18.8 Å². The summed E-state index contributed by atoms with van der Waals surface area (Å²) in [4.78, 5) is 41.9. The Morgan fingerprint density at radius 3 is 1.27 bits per heavy atom. The van der Waals surface area contributed by atoms with E-state index in [9.17, 15) is 27.6 Å². The van der Waals surface area contributed by atoms with Gasteiger partial charge >= 0.3 is 30.5 Å². The van der Waals surface area contributed by atoms with Crippen molar-refractivity contribution < 1.29 is 77.6 Å². The predicted octanol–water partition coefficient (Wildman–Crippen LogP) is 10.9. The molecule has 0 heterocycles. The summed E-state index contributed by atoms with van der Waals surface area (Å²) in [5.74, 6) is -1.53. The van der Waals surface area contributed by atoms with Crippen molar-refractivity contribution in [2.45, 2.75) is 131 Å². The number of carbonyl (C=O) groups is 3. The molecule has 0 aromatic heterocycles. The van der Waals surface area contributed by atoms with Crippen LogP contribution in [0.3, 0.4) is 0 Å². The summed E-state index contributed by atoms with van der Waals surface area (Å²) < 4.78 is 160. The largest absolute Gasteiger partial charge is 0.461 e. The first-order valence-corrected chi connectivity index (χ1v) is 21.4. The molecule has 3 aromatic carbocycles. The topological polar surface area (TPSA) is 109 Å². The Kier molecular flexibility index (Phi) is 21.0. The molecule has 0 bridgehead atoms. The molecule has 66 heavy (non-hydrogen) atoms. The number of hydrogen-bond acceptors (Lipinski definition) is 8. The maximum atomic E-state index is 15.1. The molecule has 0 spiro atoms. The maximum absolute atomic E-state index is 15.1. The first-order valence-electron chi connectivity index (χ1n) is 21.4. The van der Waals surface area contributed by atoms with Gasteiger partial charge in [0.15, 0.2) is 6.10 Å². The van der Waals surface area contributed by atoms with Gasteiger partial charge in [-0.1, -0.05) is 174 Å². The second-order valence-electron chi connectivity index (χ2n) is 15.4. The van der Waals surface area contributed by atoms with Gasteiger partial charge in [0, 0.05) is 44.4 Å². The van der Waals surface area contributed by atoms with Gasteiger partial charge in [0.2, 0.25) is 0 Å². The van der Waals surface area contributed by atoms with Gasteiger partial charge in [-0.25, -0.2) is 9.59 Å². The van der Waals surface area contributed by atoms with Crippen LogP contribution in [0, 0.1) is 11.8 Å². The zero-order valence-corrected chi connectivity index (χ0v) is 37.2. The SMILES string of the molecule is CCCCCCCCCCCCCC#C[C@H](OC(=O)[C@](OC)(c1ccccc1)C(F)(F)F)[C@H](COC(=O)[C@](OC)(c1ccccc1)C(F)(F)F)NC(=O)[C@](OC)(c1ccccc1)C(F)(F)F. The lowest BCUT2D eigenvalue weighted by Gasteiger charge is -2.37. The van der Waals surface area contributed by atoms with Gasteiger partial charge < -0.3 is 29.0 Å². The van der Waals surface area contributed by atoms with E-state index < -0.39 is 88.6 Å². The van der Waals surface area contributed by atoms with Gasteiger partial charge in [-0.15, -0.1) is 0 Å². The number of amides is 1. The molecule has 0 aliphatic rings. The Hall–Kier alpha value is -5.12. The van der Waals surface area contributed by atoms with Crippen LogP contribution in [-0.2, 0) is 54.9 Å². The molecule has 1 amide bonds. The molecule has 0 aliphatic carbocycles. The molecular weight excluding hydrogens is 890 g/mol. The number of methoxy groups -OCH3 is 3. The monoisotopic (exact) mass is 945 g/mol. The van der Waals surface area contributed by atoms with Crippen molar-refractivity contribution in [3.05, 3.63) is 108 Å². The molecular formula is C48H56F9NO8. The summed E-state index contributed by atoms with van der Waals surface area (Å²) in [5.41, 5.74) is -14.1. The van der Waals surface area contributed by atoms with E-state index >= 15 is 26.3 Å². The number of halogens is 9. The Labute approximate surface area is 379 Å². The van der Waals surface area contributed by atoms with Crippen molar-refractivity contribution in [3.63, 3.8) is 0 Å². The predicted molar refractivity (Wildman–Crippen MR) is 225 cm³/mol. The van der Waals surface area contributed by atoms with Crippen LogP contribution in [0.25, 0.3) is 0 Å². The molecule has 3 aromatic rings. The fourth-order valence-corrected chi connectivity index (χ4v) is 7.40. The molecule has 18 heteroatoms. The third-order valence-corrected chi connectivity index (χ3v) is 11.0. The zero-order chi connectivity index (χ0) is 49.1. The van der Waals surface area contributed by atoms with Gasteiger partial charge in [-0.3, -0.25) is 4.79 Å². The summed E-state index contributed by atoms with van der Waals surface area (Å²) in [6.45, 7) is 0.556. The third kappa shape index (κ3) is 13.1. The standard InChI is InChI=1S/C48H56F9NO8/c1-5-6-7-8-9-10-11-12-13-14-15-16-26-33-39(66-42(61)45(64-4,48(55,56)57)37-31-24-19-25-32-37)38(58-40(59)43(62-2,46(49,50)51)35-27-20-17-21-28-35)34-65-41(60)44(63-3,47(52,53)54)36-29-22-18-23-30-36/h17-25,27-32,38-39H,5-16,34H2,1-4H3,(H,58,59)/t38-,39-,43+,44+,45+/m0/s1. The van der Waals surface area contributed by atoms with E-state index in [0.717, 1.165) is 118 Å². The molecule has 3 rings (SSSR count). The number of hydrogen-bond donors (Lipinski definition) is 1. The minimum Gasteiger partial charge on any atom is -0.461 e. The highest BCUT2D eigenvalue weighted by molar-refractivity contribution is 5.88. The number of alkyl halides is 9. The molecule has 0 aliphatic heterocycles. The van der Waals surface area contributed by atoms with E-state index in [1.54, 1.807) is 0 Å². The van der Waals surface area contributed by atoms with Crippen molar-refractivity contribution in [2.75, 3.05) is 27.9 Å². The van der Waals surface area contributed by atoms with Gasteiger partial charge in [-0.05, 0) is 6.42 Å². The van der Waals surface area contributed by atoms with Crippen LogP contribution in [0.4, 0.5) is 39.5 Å². The fourth-order valence-electron chi connectivity index (χ4n) is 7.40. The second-order valence-corrected chi connectivity index (χ2v) is 15.4. The average Bonchev–Trinajstić information content (AvgIpc) is 3.27. The Balaban J connectivity index is 2.16. The van der Waals surface area contributed by atoms with Crippen molar-refractivity contribution in [1.29, 1.82) is 0 Å². The number of nitrogens with one attached hydrogen (secondary N) is 1. The van der Waals surface area contributed by atoms with E-state index in [4.69, 9.17) is 23.7 Å². The Bertz CT molecular complexity index is 2010. The zero-order valence-electron chi connectivity index (χ0n) is 37.2. The Morgan fingerprint density at radius 2 is 0.894 bits per heavy atom. The lowest BCUT2D eigenvalue weighted by molar-refractivity contribution is -0.279. The Morgan fingerprint density at radius 1 is 0.530 bits per heavy atom. The number of esters is 2. The highest BCUT2D eigenvalue weighted by Crippen LogP contribution is 2.46. The number of carbonyl (C=O) groups excluding carboxylic acids is 3. The number of unbranched alkanes of at least 4 members (excludes halogenated alkanes) is 11. The average molecular weight is 946 g/mol. The van der Waals surface area contributed by atoms with Gasteiger partial charge in [0.25, 0.3) is 22.7 Å². The lowest BCUT2D eigenvalue weighted by Crippen LogP contribution is -2.61. The molecule has 9 nitrogen and oxygen atoms in total. The molecule has 0 saturated heterocycles. The van der Waals surface area contributed by atoms with E-state index in [0.29, 0.717) is 34.2 Å². The summed E-state index contributed by atoms with van der Waals surface area (Å²) in [5, 5.41) is 1.88. The normalized spacial score (nSPS) is 15.7. The van der Waals surface area contributed by atoms with Crippen LogP contribution >= 0.6 is 0 Å². The molecule has 0 saturated carbocycles. The molecule has 0 unspecified atom stereocenters. The minimum absolute atomic E-state index is 0.0116. The highest BCUT2D eigenvalue weighted by Gasteiger charge is 2.67. The smallest absolute Gasteiger partial charge is 0.432 e. The quantitative estimate of drug-likeness (QED) is 0.0387. The molecule has 364 valence electrons. The second kappa shape index (κ2) is 25.1. The first kappa shape index (κ1) is 55.2. The van der Waals surface area contributed by atoms with Crippen molar-refractivity contribution >= 4 is 17.8 Å². The number of rotatable bonds is 25.